The molecule has 0 spiro atoms. The monoisotopic (exact) mass is 459 g/mol. The number of amides is 1. The first-order chi connectivity index (χ1) is 15.8. The Morgan fingerprint density at radius 1 is 1.09 bits per heavy atom. The molecule has 2 aromatic carbocycles. The van der Waals surface area contributed by atoms with Crippen LogP contribution in [0.25, 0.3) is 11.4 Å². The van der Waals surface area contributed by atoms with Crippen LogP contribution in [0.4, 0.5) is 18.9 Å². The smallest absolute Gasteiger partial charge is 0.337 e. The van der Waals surface area contributed by atoms with Gasteiger partial charge in [-0.1, -0.05) is 35.5 Å². The topological polar surface area (TPSA) is 74.5 Å². The van der Waals surface area contributed by atoms with Crippen molar-refractivity contribution in [2.24, 2.45) is 0 Å². The van der Waals surface area contributed by atoms with Crippen molar-refractivity contribution in [3.63, 3.8) is 0 Å². The molecule has 1 N–H and O–H groups in total. The number of hydrogen-bond donors (Lipinski definition) is 1. The zero-order valence-corrected chi connectivity index (χ0v) is 18.0. The number of piperazine rings is 1. The number of anilines is 1. The number of nitrogens with one attached hydrogen (secondary N) is 1. The van der Waals surface area contributed by atoms with Crippen LogP contribution in [0.15, 0.2) is 59.1 Å². The fourth-order valence-corrected chi connectivity index (χ4v) is 3.75. The van der Waals surface area contributed by atoms with Gasteiger partial charge >= 0.3 is 6.18 Å². The van der Waals surface area contributed by atoms with Crippen LogP contribution in [0.1, 0.15) is 24.4 Å². The Hall–Kier alpha value is -3.24. The molecule has 1 amide bonds. The number of benzene rings is 2. The molecule has 1 saturated heterocycles. The van der Waals surface area contributed by atoms with E-state index in [-0.39, 0.29) is 23.3 Å². The zero-order valence-electron chi connectivity index (χ0n) is 18.0. The maximum atomic E-state index is 13.0. The number of carbonyl (C=O) groups excluding carboxylic acids is 1. The minimum absolute atomic E-state index is 0.0645. The van der Waals surface area contributed by atoms with E-state index in [0.717, 1.165) is 17.8 Å². The molecule has 4 rings (SSSR count). The summed E-state index contributed by atoms with van der Waals surface area (Å²) in [6.07, 6.45) is -4.44. The van der Waals surface area contributed by atoms with Crippen LogP contribution in [0.3, 0.4) is 0 Å². The third-order valence-corrected chi connectivity index (χ3v) is 5.63. The normalized spacial score (nSPS) is 16.5. The van der Waals surface area contributed by atoms with Gasteiger partial charge in [0.15, 0.2) is 0 Å². The SMILES string of the molecule is CC(c1nc(-c2cccc(C(F)(F)F)c2)no1)N1CCN(CC(=O)Nc2ccccc2)CC1. The minimum Gasteiger partial charge on any atom is -0.337 e. The van der Waals surface area contributed by atoms with Crippen molar-refractivity contribution in [2.75, 3.05) is 38.0 Å². The van der Waals surface area contributed by atoms with Gasteiger partial charge in [-0.05, 0) is 31.2 Å². The van der Waals surface area contributed by atoms with E-state index in [4.69, 9.17) is 4.52 Å². The first-order valence-corrected chi connectivity index (χ1v) is 10.6. The lowest BCUT2D eigenvalue weighted by Gasteiger charge is -2.36. The summed E-state index contributed by atoms with van der Waals surface area (Å²) in [6, 6.07) is 14.0. The minimum atomic E-state index is -4.44. The average molecular weight is 459 g/mol. The molecule has 0 aliphatic carbocycles. The standard InChI is InChI=1S/C23H24F3N5O2/c1-16(22-28-21(29-33-22)17-6-5-7-18(14-17)23(24,25)26)31-12-10-30(11-13-31)15-20(32)27-19-8-3-2-4-9-19/h2-9,14,16H,10-13,15H2,1H3,(H,27,32). The Balaban J connectivity index is 1.32. The maximum Gasteiger partial charge on any atom is 0.416 e. The maximum absolute atomic E-state index is 13.0. The summed E-state index contributed by atoms with van der Waals surface area (Å²) in [4.78, 5) is 20.8. The van der Waals surface area contributed by atoms with Gasteiger partial charge in [0, 0.05) is 37.4 Å². The van der Waals surface area contributed by atoms with Crippen molar-refractivity contribution in [3.8, 4) is 11.4 Å². The van der Waals surface area contributed by atoms with Crippen LogP contribution in [0.2, 0.25) is 0 Å². The van der Waals surface area contributed by atoms with Gasteiger partial charge in [0.25, 0.3) is 0 Å². The van der Waals surface area contributed by atoms with Gasteiger partial charge in [-0.15, -0.1) is 0 Å². The average Bonchev–Trinajstić information content (AvgIpc) is 3.30. The van der Waals surface area contributed by atoms with Crippen molar-refractivity contribution in [1.82, 2.24) is 19.9 Å². The number of para-hydroxylation sites is 1. The van der Waals surface area contributed by atoms with Gasteiger partial charge in [-0.2, -0.15) is 18.2 Å². The Labute approximate surface area is 189 Å². The molecule has 0 saturated carbocycles. The third-order valence-electron chi connectivity index (χ3n) is 5.63. The molecule has 3 aromatic rings. The molecule has 2 heterocycles. The summed E-state index contributed by atoms with van der Waals surface area (Å²) in [5, 5.41) is 6.76. The number of nitrogens with zero attached hydrogens (tertiary/aromatic N) is 4. The van der Waals surface area contributed by atoms with E-state index in [2.05, 4.69) is 25.3 Å². The quantitative estimate of drug-likeness (QED) is 0.599. The summed E-state index contributed by atoms with van der Waals surface area (Å²) in [5.74, 6) is 0.405. The van der Waals surface area contributed by atoms with Gasteiger partial charge in [-0.3, -0.25) is 14.6 Å². The predicted molar refractivity (Wildman–Crippen MR) is 116 cm³/mol. The molecule has 1 aliphatic rings. The zero-order chi connectivity index (χ0) is 23.4. The lowest BCUT2D eigenvalue weighted by Crippen LogP contribution is -2.49. The molecule has 0 radical (unpaired) electrons. The summed E-state index contributed by atoms with van der Waals surface area (Å²) < 4.78 is 44.3. The number of rotatable bonds is 6. The van der Waals surface area contributed by atoms with Gasteiger partial charge in [0.05, 0.1) is 18.2 Å². The molecule has 174 valence electrons. The molecular weight excluding hydrogens is 435 g/mol. The van der Waals surface area contributed by atoms with Crippen molar-refractivity contribution in [3.05, 3.63) is 66.1 Å². The number of carbonyl (C=O) groups is 1. The Morgan fingerprint density at radius 2 is 1.82 bits per heavy atom. The fourth-order valence-electron chi connectivity index (χ4n) is 3.75. The van der Waals surface area contributed by atoms with Crippen molar-refractivity contribution in [2.45, 2.75) is 19.1 Å². The highest BCUT2D eigenvalue weighted by Crippen LogP contribution is 2.32. The van der Waals surface area contributed by atoms with Crippen LogP contribution in [0.5, 0.6) is 0 Å². The van der Waals surface area contributed by atoms with Crippen molar-refractivity contribution in [1.29, 1.82) is 0 Å². The van der Waals surface area contributed by atoms with E-state index < -0.39 is 11.7 Å². The van der Waals surface area contributed by atoms with Gasteiger partial charge < -0.3 is 9.84 Å². The van der Waals surface area contributed by atoms with Crippen molar-refractivity contribution >= 4 is 11.6 Å². The lowest BCUT2D eigenvalue weighted by molar-refractivity contribution is -0.137. The molecule has 0 bridgehead atoms. The Bertz CT molecular complexity index is 1080. The van der Waals surface area contributed by atoms with E-state index in [9.17, 15) is 18.0 Å². The molecular formula is C23H24F3N5O2. The second-order valence-electron chi connectivity index (χ2n) is 7.94. The van der Waals surface area contributed by atoms with E-state index in [0.29, 0.717) is 38.6 Å². The van der Waals surface area contributed by atoms with Crippen LogP contribution in [0, 0.1) is 0 Å². The molecule has 7 nitrogen and oxygen atoms in total. The van der Waals surface area contributed by atoms with E-state index in [1.165, 1.54) is 12.1 Å². The molecule has 1 aliphatic heterocycles. The second-order valence-corrected chi connectivity index (χ2v) is 7.94. The Morgan fingerprint density at radius 3 is 2.52 bits per heavy atom. The van der Waals surface area contributed by atoms with Gasteiger partial charge in [-0.25, -0.2) is 0 Å². The first kappa shape index (κ1) is 22.9. The number of aromatic nitrogens is 2. The molecule has 1 unspecified atom stereocenters. The second kappa shape index (κ2) is 9.72. The number of hydrogen-bond acceptors (Lipinski definition) is 6. The van der Waals surface area contributed by atoms with E-state index >= 15 is 0 Å². The van der Waals surface area contributed by atoms with Crippen LogP contribution < -0.4 is 5.32 Å². The number of alkyl halides is 3. The molecule has 33 heavy (non-hydrogen) atoms. The highest BCUT2D eigenvalue weighted by molar-refractivity contribution is 5.92. The summed E-state index contributed by atoms with van der Waals surface area (Å²) >= 11 is 0. The highest BCUT2D eigenvalue weighted by atomic mass is 19.4. The summed E-state index contributed by atoms with van der Waals surface area (Å²) in [6.45, 7) is 5.00. The van der Waals surface area contributed by atoms with Crippen LogP contribution >= 0.6 is 0 Å². The van der Waals surface area contributed by atoms with E-state index in [1.807, 2.05) is 37.3 Å². The molecule has 10 heteroatoms. The molecule has 1 fully saturated rings. The molecule has 1 aromatic heterocycles. The summed E-state index contributed by atoms with van der Waals surface area (Å²) in [5.41, 5.74) is 0.260. The Kier molecular flexibility index (Phi) is 6.75. The van der Waals surface area contributed by atoms with Gasteiger partial charge in [0.2, 0.25) is 17.6 Å². The van der Waals surface area contributed by atoms with Gasteiger partial charge in [0.1, 0.15) is 0 Å². The largest absolute Gasteiger partial charge is 0.416 e. The van der Waals surface area contributed by atoms with Crippen LogP contribution in [-0.2, 0) is 11.0 Å². The highest BCUT2D eigenvalue weighted by Gasteiger charge is 2.31. The number of halogens is 3. The lowest BCUT2D eigenvalue weighted by atomic mass is 10.1. The predicted octanol–water partition coefficient (Wildman–Crippen LogP) is 4.07. The molecule has 1 atom stereocenters. The third kappa shape index (κ3) is 5.77. The van der Waals surface area contributed by atoms with Crippen LogP contribution in [-0.4, -0.2) is 58.6 Å². The first-order valence-electron chi connectivity index (χ1n) is 10.6. The van der Waals surface area contributed by atoms with Crippen molar-refractivity contribution < 1.29 is 22.5 Å². The fraction of sp³-hybridized carbons (Fsp3) is 0.348. The summed E-state index contributed by atoms with van der Waals surface area (Å²) in [7, 11) is 0. The van der Waals surface area contributed by atoms with E-state index in [1.54, 1.807) is 0 Å².